The zero-order valence-electron chi connectivity index (χ0n) is 13.1. The molecule has 0 bridgehead atoms. The van der Waals surface area contributed by atoms with Crippen LogP contribution in [0.15, 0.2) is 0 Å². The van der Waals surface area contributed by atoms with Crippen LogP contribution >= 0.6 is 11.3 Å². The minimum atomic E-state index is 0.494. The van der Waals surface area contributed by atoms with Crippen molar-refractivity contribution in [3.8, 4) is 0 Å². The fourth-order valence-corrected chi connectivity index (χ4v) is 5.20. The molecule has 0 aliphatic heterocycles. The molecule has 1 fully saturated rings. The fourth-order valence-electron chi connectivity index (χ4n) is 3.90. The van der Waals surface area contributed by atoms with Gasteiger partial charge in [0.05, 0.1) is 11.7 Å². The van der Waals surface area contributed by atoms with Gasteiger partial charge in [-0.25, -0.2) is 4.98 Å². The normalized spacial score (nSPS) is 27.8. The standard InChI is InChI=1S/C17H28N2S/c1-11(2)18-16(13-7-4-6-12(3)10-13)17-19-14-8-5-9-15(14)20-17/h11-13,16,18H,4-10H2,1-3H3. The van der Waals surface area contributed by atoms with Crippen molar-refractivity contribution in [2.24, 2.45) is 11.8 Å². The van der Waals surface area contributed by atoms with Crippen LogP contribution < -0.4 is 5.32 Å². The number of rotatable bonds is 4. The zero-order valence-corrected chi connectivity index (χ0v) is 13.9. The predicted octanol–water partition coefficient (Wildman–Crippen LogP) is 4.50. The summed E-state index contributed by atoms with van der Waals surface area (Å²) in [5, 5.41) is 5.20. The van der Waals surface area contributed by atoms with Crippen LogP contribution in [0.3, 0.4) is 0 Å². The molecule has 2 nitrogen and oxygen atoms in total. The van der Waals surface area contributed by atoms with Gasteiger partial charge >= 0.3 is 0 Å². The maximum Gasteiger partial charge on any atom is 0.110 e. The largest absolute Gasteiger partial charge is 0.305 e. The Labute approximate surface area is 127 Å². The van der Waals surface area contributed by atoms with Crippen LogP contribution in [0.5, 0.6) is 0 Å². The molecule has 1 aromatic heterocycles. The molecule has 3 unspecified atom stereocenters. The third-order valence-corrected chi connectivity index (χ3v) is 6.08. The van der Waals surface area contributed by atoms with E-state index in [1.807, 2.05) is 11.3 Å². The molecule has 0 amide bonds. The second-order valence-corrected chi connectivity index (χ2v) is 8.22. The van der Waals surface area contributed by atoms with Gasteiger partial charge < -0.3 is 5.32 Å². The number of nitrogens with one attached hydrogen (secondary N) is 1. The maximum atomic E-state index is 5.00. The van der Waals surface area contributed by atoms with Crippen LogP contribution in [0.25, 0.3) is 0 Å². The third-order valence-electron chi connectivity index (χ3n) is 4.84. The first-order valence-electron chi connectivity index (χ1n) is 8.38. The van der Waals surface area contributed by atoms with Gasteiger partial charge in [-0.1, -0.05) is 33.6 Å². The summed E-state index contributed by atoms with van der Waals surface area (Å²) in [5.41, 5.74) is 1.41. The number of hydrogen-bond acceptors (Lipinski definition) is 3. The van der Waals surface area contributed by atoms with Gasteiger partial charge in [-0.15, -0.1) is 11.3 Å². The summed E-state index contributed by atoms with van der Waals surface area (Å²) in [6, 6.07) is 1.03. The van der Waals surface area contributed by atoms with E-state index < -0.39 is 0 Å². The number of aromatic nitrogens is 1. The van der Waals surface area contributed by atoms with E-state index in [-0.39, 0.29) is 0 Å². The van der Waals surface area contributed by atoms with Gasteiger partial charge in [0, 0.05) is 10.9 Å². The highest BCUT2D eigenvalue weighted by Crippen LogP contribution is 2.40. The number of nitrogens with zero attached hydrogens (tertiary/aromatic N) is 1. The highest BCUT2D eigenvalue weighted by molar-refractivity contribution is 7.11. The quantitative estimate of drug-likeness (QED) is 0.884. The Morgan fingerprint density at radius 3 is 2.75 bits per heavy atom. The molecule has 3 atom stereocenters. The van der Waals surface area contributed by atoms with Crippen molar-refractivity contribution in [3.63, 3.8) is 0 Å². The molecule has 1 saturated carbocycles. The average Bonchev–Trinajstić information content (AvgIpc) is 2.96. The Morgan fingerprint density at radius 1 is 1.20 bits per heavy atom. The second kappa shape index (κ2) is 6.15. The van der Waals surface area contributed by atoms with Crippen molar-refractivity contribution < 1.29 is 0 Å². The van der Waals surface area contributed by atoms with Gasteiger partial charge in [0.15, 0.2) is 0 Å². The molecule has 1 heterocycles. The molecule has 3 rings (SSSR count). The Balaban J connectivity index is 1.81. The summed E-state index contributed by atoms with van der Waals surface area (Å²) in [4.78, 5) is 6.57. The lowest BCUT2D eigenvalue weighted by Gasteiger charge is -2.34. The number of aryl methyl sites for hydroxylation is 2. The zero-order chi connectivity index (χ0) is 14.1. The van der Waals surface area contributed by atoms with Gasteiger partial charge in [-0.2, -0.15) is 0 Å². The minimum Gasteiger partial charge on any atom is -0.305 e. The number of hydrogen-bond donors (Lipinski definition) is 1. The molecule has 0 spiro atoms. The number of thiazole rings is 1. The van der Waals surface area contributed by atoms with E-state index in [4.69, 9.17) is 4.98 Å². The predicted molar refractivity (Wildman–Crippen MR) is 86.3 cm³/mol. The smallest absolute Gasteiger partial charge is 0.110 e. The first-order chi connectivity index (χ1) is 9.63. The summed E-state index contributed by atoms with van der Waals surface area (Å²) >= 11 is 1.99. The third kappa shape index (κ3) is 3.09. The van der Waals surface area contributed by atoms with Crippen LogP contribution in [0, 0.1) is 11.8 Å². The van der Waals surface area contributed by atoms with E-state index in [0.717, 1.165) is 11.8 Å². The molecule has 0 radical (unpaired) electrons. The number of fused-ring (bicyclic) bond motifs is 1. The second-order valence-electron chi connectivity index (χ2n) is 7.11. The van der Waals surface area contributed by atoms with Crippen LogP contribution in [0.1, 0.15) is 74.5 Å². The molecular weight excluding hydrogens is 264 g/mol. The molecule has 1 aromatic rings. The highest BCUT2D eigenvalue weighted by Gasteiger charge is 2.31. The molecule has 3 heteroatoms. The first kappa shape index (κ1) is 14.5. The minimum absolute atomic E-state index is 0.494. The van der Waals surface area contributed by atoms with Crippen LogP contribution in [-0.4, -0.2) is 11.0 Å². The van der Waals surface area contributed by atoms with Crippen LogP contribution in [0.2, 0.25) is 0 Å². The molecule has 0 aromatic carbocycles. The van der Waals surface area contributed by atoms with E-state index in [1.165, 1.54) is 55.6 Å². The lowest BCUT2D eigenvalue weighted by molar-refractivity contribution is 0.216. The average molecular weight is 292 g/mol. The molecule has 112 valence electrons. The van der Waals surface area contributed by atoms with E-state index in [0.29, 0.717) is 12.1 Å². The molecule has 1 N–H and O–H groups in total. The van der Waals surface area contributed by atoms with Crippen molar-refractivity contribution in [1.29, 1.82) is 0 Å². The fraction of sp³-hybridized carbons (Fsp3) is 0.824. The van der Waals surface area contributed by atoms with E-state index in [2.05, 4.69) is 26.1 Å². The molecule has 2 aliphatic carbocycles. The SMILES string of the molecule is CC1CCCC(C(NC(C)C)c2nc3c(s2)CCC3)C1. The Morgan fingerprint density at radius 2 is 2.05 bits per heavy atom. The van der Waals surface area contributed by atoms with E-state index >= 15 is 0 Å². The van der Waals surface area contributed by atoms with Crippen LogP contribution in [0.4, 0.5) is 0 Å². The van der Waals surface area contributed by atoms with Crippen molar-refractivity contribution in [1.82, 2.24) is 10.3 Å². The summed E-state index contributed by atoms with van der Waals surface area (Å²) in [6.45, 7) is 6.95. The van der Waals surface area contributed by atoms with Crippen molar-refractivity contribution in [3.05, 3.63) is 15.6 Å². The lowest BCUT2D eigenvalue weighted by atomic mass is 9.78. The van der Waals surface area contributed by atoms with Gasteiger partial charge in [-0.05, 0) is 43.9 Å². The van der Waals surface area contributed by atoms with Gasteiger partial charge in [-0.3, -0.25) is 0 Å². The van der Waals surface area contributed by atoms with Gasteiger partial charge in [0.1, 0.15) is 5.01 Å². The lowest BCUT2D eigenvalue weighted by Crippen LogP contribution is -2.35. The first-order valence-corrected chi connectivity index (χ1v) is 9.19. The summed E-state index contributed by atoms with van der Waals surface area (Å²) < 4.78 is 0. The highest BCUT2D eigenvalue weighted by atomic mass is 32.1. The molecule has 2 aliphatic rings. The molecular formula is C17H28N2S. The molecule has 20 heavy (non-hydrogen) atoms. The van der Waals surface area contributed by atoms with Crippen molar-refractivity contribution in [2.75, 3.05) is 0 Å². The summed E-state index contributed by atoms with van der Waals surface area (Å²) in [7, 11) is 0. The molecule has 0 saturated heterocycles. The summed E-state index contributed by atoms with van der Waals surface area (Å²) in [5.74, 6) is 1.67. The monoisotopic (exact) mass is 292 g/mol. The van der Waals surface area contributed by atoms with Gasteiger partial charge in [0.25, 0.3) is 0 Å². The topological polar surface area (TPSA) is 24.9 Å². The van der Waals surface area contributed by atoms with Crippen molar-refractivity contribution in [2.45, 2.75) is 77.8 Å². The van der Waals surface area contributed by atoms with Crippen molar-refractivity contribution >= 4 is 11.3 Å². The maximum absolute atomic E-state index is 5.00. The Hall–Kier alpha value is -0.410. The van der Waals surface area contributed by atoms with E-state index in [1.54, 1.807) is 4.88 Å². The Bertz CT molecular complexity index is 430. The Kier molecular flexibility index (Phi) is 4.46. The summed E-state index contributed by atoms with van der Waals surface area (Å²) in [6.07, 6.45) is 9.35. The van der Waals surface area contributed by atoms with E-state index in [9.17, 15) is 0 Å². The van der Waals surface area contributed by atoms with Gasteiger partial charge in [0.2, 0.25) is 0 Å². The van der Waals surface area contributed by atoms with Crippen LogP contribution in [-0.2, 0) is 12.8 Å².